The number of piperidine rings is 1. The largest absolute Gasteiger partial charge is 0.507 e. The molecule has 1 aliphatic heterocycles. The van der Waals surface area contributed by atoms with Gasteiger partial charge in [-0.25, -0.2) is 4.39 Å². The van der Waals surface area contributed by atoms with E-state index in [-0.39, 0.29) is 11.6 Å². The number of fused-ring (bicyclic) bond motifs is 1. The van der Waals surface area contributed by atoms with E-state index in [4.69, 9.17) is 0 Å². The number of halogens is 1. The molecule has 2 aromatic heterocycles. The van der Waals surface area contributed by atoms with Gasteiger partial charge in [-0.3, -0.25) is 4.40 Å². The molecule has 4 rings (SSSR count). The third-order valence-electron chi connectivity index (χ3n) is 4.95. The highest BCUT2D eigenvalue weighted by atomic mass is 19.1. The molecule has 0 spiro atoms. The smallest absolute Gasteiger partial charge is 0.228 e. The normalized spacial score (nSPS) is 18.3. The Morgan fingerprint density at radius 3 is 2.96 bits per heavy atom. The Labute approximate surface area is 151 Å². The first kappa shape index (κ1) is 16.8. The van der Waals surface area contributed by atoms with Gasteiger partial charge in [-0.05, 0) is 63.2 Å². The van der Waals surface area contributed by atoms with Crippen LogP contribution in [0.2, 0.25) is 0 Å². The molecule has 136 valence electrons. The molecule has 0 bridgehead atoms. The number of benzene rings is 1. The molecule has 0 aliphatic carbocycles. The van der Waals surface area contributed by atoms with Crippen LogP contribution >= 0.6 is 0 Å². The van der Waals surface area contributed by atoms with Crippen molar-refractivity contribution in [1.82, 2.24) is 19.5 Å². The van der Waals surface area contributed by atoms with E-state index < -0.39 is 0 Å². The number of likely N-dealkylation sites (tertiary alicyclic amines) is 1. The molecule has 1 aliphatic rings. The molecule has 26 heavy (non-hydrogen) atoms. The van der Waals surface area contributed by atoms with Gasteiger partial charge in [0, 0.05) is 24.3 Å². The molecule has 0 saturated carbocycles. The third-order valence-corrected chi connectivity index (χ3v) is 4.95. The number of phenols is 1. The fourth-order valence-electron chi connectivity index (χ4n) is 3.57. The third kappa shape index (κ3) is 2.99. The number of likely N-dealkylation sites (N-methyl/N-ethyl adjacent to an activating group) is 1. The summed E-state index contributed by atoms with van der Waals surface area (Å²) in [6.45, 7) is 3.68. The van der Waals surface area contributed by atoms with Crippen molar-refractivity contribution in [3.63, 3.8) is 0 Å². The van der Waals surface area contributed by atoms with Crippen molar-refractivity contribution in [1.29, 1.82) is 0 Å². The van der Waals surface area contributed by atoms with Gasteiger partial charge >= 0.3 is 0 Å². The van der Waals surface area contributed by atoms with Crippen LogP contribution in [0, 0.1) is 12.7 Å². The van der Waals surface area contributed by atoms with Crippen LogP contribution in [-0.4, -0.2) is 50.8 Å². The molecule has 7 heteroatoms. The Bertz CT molecular complexity index is 954. The second-order valence-electron chi connectivity index (χ2n) is 7.00. The van der Waals surface area contributed by atoms with E-state index in [0.717, 1.165) is 31.4 Å². The lowest BCUT2D eigenvalue weighted by Crippen LogP contribution is -2.40. The molecule has 6 nitrogen and oxygen atoms in total. The number of nitrogens with one attached hydrogen (secondary N) is 1. The predicted molar refractivity (Wildman–Crippen MR) is 98.9 cm³/mol. The lowest BCUT2D eigenvalue weighted by atomic mass is 10.1. The zero-order valence-corrected chi connectivity index (χ0v) is 14.9. The average Bonchev–Trinajstić information content (AvgIpc) is 3.09. The van der Waals surface area contributed by atoms with Crippen LogP contribution < -0.4 is 5.32 Å². The summed E-state index contributed by atoms with van der Waals surface area (Å²) in [6.07, 6.45) is 4.12. The predicted octanol–water partition coefficient (Wildman–Crippen LogP) is 3.06. The van der Waals surface area contributed by atoms with Crippen molar-refractivity contribution < 1.29 is 9.50 Å². The first-order valence-electron chi connectivity index (χ1n) is 8.81. The first-order chi connectivity index (χ1) is 12.5. The van der Waals surface area contributed by atoms with Crippen LogP contribution in [0.5, 0.6) is 5.75 Å². The lowest BCUT2D eigenvalue weighted by Gasteiger charge is -2.30. The highest BCUT2D eigenvalue weighted by Gasteiger charge is 2.20. The van der Waals surface area contributed by atoms with Crippen LogP contribution in [0.4, 0.5) is 10.3 Å². The second kappa shape index (κ2) is 6.57. The lowest BCUT2D eigenvalue weighted by molar-refractivity contribution is 0.260. The first-order valence-corrected chi connectivity index (χ1v) is 8.81. The minimum absolute atomic E-state index is 0.00378. The van der Waals surface area contributed by atoms with Crippen molar-refractivity contribution in [3.8, 4) is 17.0 Å². The fourth-order valence-corrected chi connectivity index (χ4v) is 3.57. The number of aromatic nitrogens is 3. The van der Waals surface area contributed by atoms with Gasteiger partial charge in [0.15, 0.2) is 0 Å². The van der Waals surface area contributed by atoms with E-state index in [1.165, 1.54) is 12.1 Å². The number of hydrogen-bond acceptors (Lipinski definition) is 5. The van der Waals surface area contributed by atoms with E-state index >= 15 is 0 Å². The van der Waals surface area contributed by atoms with Crippen molar-refractivity contribution >= 4 is 11.5 Å². The molecular weight excluding hydrogens is 333 g/mol. The summed E-state index contributed by atoms with van der Waals surface area (Å²) in [6, 6.07) is 6.81. The minimum atomic E-state index is -0.378. The highest BCUT2D eigenvalue weighted by Crippen LogP contribution is 2.33. The van der Waals surface area contributed by atoms with Gasteiger partial charge in [0.25, 0.3) is 0 Å². The van der Waals surface area contributed by atoms with Crippen LogP contribution in [0.15, 0.2) is 30.5 Å². The molecule has 3 heterocycles. The Morgan fingerprint density at radius 2 is 2.15 bits per heavy atom. The van der Waals surface area contributed by atoms with E-state index in [2.05, 4.69) is 27.5 Å². The monoisotopic (exact) mass is 355 g/mol. The van der Waals surface area contributed by atoms with Gasteiger partial charge in [-0.2, -0.15) is 0 Å². The zero-order chi connectivity index (χ0) is 18.3. The highest BCUT2D eigenvalue weighted by molar-refractivity contribution is 5.81. The molecule has 1 atom stereocenters. The van der Waals surface area contributed by atoms with Gasteiger partial charge < -0.3 is 15.3 Å². The van der Waals surface area contributed by atoms with Gasteiger partial charge in [0.05, 0.1) is 5.52 Å². The number of hydrogen-bond donors (Lipinski definition) is 2. The molecule has 1 aromatic carbocycles. The van der Waals surface area contributed by atoms with E-state index in [9.17, 15) is 9.50 Å². The SMILES string of the molecule is Cc1cc(O)c(-c2nnc(NC3CCCN(C)C3)n3cccc23)cc1F. The van der Waals surface area contributed by atoms with Crippen molar-refractivity contribution in [2.45, 2.75) is 25.8 Å². The Kier molecular flexibility index (Phi) is 4.24. The number of rotatable bonds is 3. The molecule has 2 N–H and O–H groups in total. The summed E-state index contributed by atoms with van der Waals surface area (Å²) in [7, 11) is 2.11. The number of nitrogens with zero attached hydrogens (tertiary/aromatic N) is 4. The van der Waals surface area contributed by atoms with Gasteiger partial charge in [-0.15, -0.1) is 10.2 Å². The van der Waals surface area contributed by atoms with E-state index in [0.29, 0.717) is 28.8 Å². The van der Waals surface area contributed by atoms with Gasteiger partial charge in [-0.1, -0.05) is 0 Å². The molecule has 1 saturated heterocycles. The summed E-state index contributed by atoms with van der Waals surface area (Å²) in [5, 5.41) is 22.3. The maximum absolute atomic E-state index is 14.0. The molecule has 0 amide bonds. The summed E-state index contributed by atoms with van der Waals surface area (Å²) < 4.78 is 15.9. The number of anilines is 1. The topological polar surface area (TPSA) is 65.7 Å². The Morgan fingerprint density at radius 1 is 1.31 bits per heavy atom. The minimum Gasteiger partial charge on any atom is -0.507 e. The quantitative estimate of drug-likeness (QED) is 0.756. The van der Waals surface area contributed by atoms with Crippen molar-refractivity contribution in [2.75, 3.05) is 25.5 Å². The molecule has 1 unspecified atom stereocenters. The van der Waals surface area contributed by atoms with Crippen LogP contribution in [-0.2, 0) is 0 Å². The molecular formula is C19H22FN5O. The Balaban J connectivity index is 1.73. The maximum atomic E-state index is 14.0. The summed E-state index contributed by atoms with van der Waals surface area (Å²) in [4.78, 5) is 2.29. The summed E-state index contributed by atoms with van der Waals surface area (Å²) in [5.74, 6) is 0.272. The van der Waals surface area contributed by atoms with Crippen LogP contribution in [0.25, 0.3) is 16.8 Å². The maximum Gasteiger partial charge on any atom is 0.228 e. The summed E-state index contributed by atoms with van der Waals surface area (Å²) in [5.41, 5.74) is 1.96. The zero-order valence-electron chi connectivity index (χ0n) is 14.9. The van der Waals surface area contributed by atoms with Crippen molar-refractivity contribution in [3.05, 3.63) is 41.8 Å². The van der Waals surface area contributed by atoms with Crippen LogP contribution in [0.1, 0.15) is 18.4 Å². The van der Waals surface area contributed by atoms with Gasteiger partial charge in [0.1, 0.15) is 17.3 Å². The number of phenolic OH excluding ortho intramolecular Hbond substituents is 1. The standard InChI is InChI=1S/C19H22FN5O/c1-12-9-17(26)14(10-15(12)20)18-16-6-4-8-25(16)19(23-22-18)21-13-5-3-7-24(2)11-13/h4,6,8-10,13,26H,3,5,7,11H2,1-2H3,(H,21,23). The fraction of sp³-hybridized carbons (Fsp3) is 0.368. The van der Waals surface area contributed by atoms with E-state index in [1.807, 2.05) is 22.7 Å². The molecule has 1 fully saturated rings. The second-order valence-corrected chi connectivity index (χ2v) is 7.00. The van der Waals surface area contributed by atoms with Gasteiger partial charge in [0.2, 0.25) is 5.95 Å². The summed E-state index contributed by atoms with van der Waals surface area (Å²) >= 11 is 0. The number of aromatic hydroxyl groups is 1. The molecule has 0 radical (unpaired) electrons. The van der Waals surface area contributed by atoms with Crippen LogP contribution in [0.3, 0.4) is 0 Å². The number of aryl methyl sites for hydroxylation is 1. The average molecular weight is 355 g/mol. The molecule has 3 aromatic rings. The Hall–Kier alpha value is -2.67. The van der Waals surface area contributed by atoms with E-state index in [1.54, 1.807) is 6.92 Å². The van der Waals surface area contributed by atoms with Crippen molar-refractivity contribution in [2.24, 2.45) is 0 Å².